The van der Waals surface area contributed by atoms with Crippen molar-refractivity contribution in [1.82, 2.24) is 14.5 Å². The summed E-state index contributed by atoms with van der Waals surface area (Å²) in [7, 11) is -4.18. The van der Waals surface area contributed by atoms with Crippen molar-refractivity contribution in [3.8, 4) is 5.88 Å². The number of aromatic nitrogens is 2. The van der Waals surface area contributed by atoms with Crippen LogP contribution in [0.1, 0.15) is 35.1 Å². The molecule has 10 heteroatoms. The van der Waals surface area contributed by atoms with Gasteiger partial charge in [0.05, 0.1) is 12.7 Å². The summed E-state index contributed by atoms with van der Waals surface area (Å²) in [4.78, 5) is 12.4. The summed E-state index contributed by atoms with van der Waals surface area (Å²) in [6.07, 6.45) is 6.21. The number of hydrogen-bond acceptors (Lipinski definition) is 6. The van der Waals surface area contributed by atoms with Crippen LogP contribution in [0.15, 0.2) is 17.2 Å². The first-order valence-corrected chi connectivity index (χ1v) is 11.3. The van der Waals surface area contributed by atoms with E-state index in [4.69, 9.17) is 4.74 Å². The standard InChI is InChI=1S/C19H22N4O5S/c24-13-9-23-18(28-10-13)16(8-20-23)29(26,27)22-19(25)21-17-14-5-1-3-11(14)7-12-4-2-6-15(12)17/h7-8,13,24H,1-6,9-10H2,(H2,21,22,25)/t13-/m0/s1. The molecule has 154 valence electrons. The fourth-order valence-electron chi connectivity index (χ4n) is 4.53. The Kier molecular flexibility index (Phi) is 4.28. The van der Waals surface area contributed by atoms with Gasteiger partial charge in [-0.3, -0.25) is 0 Å². The molecule has 0 spiro atoms. The molecule has 2 aliphatic carbocycles. The molecule has 1 aromatic heterocycles. The van der Waals surface area contributed by atoms with Crippen LogP contribution >= 0.6 is 0 Å². The van der Waals surface area contributed by atoms with Crippen molar-refractivity contribution in [3.63, 3.8) is 0 Å². The molecule has 0 fully saturated rings. The topological polar surface area (TPSA) is 123 Å². The van der Waals surface area contributed by atoms with Gasteiger partial charge in [-0.15, -0.1) is 0 Å². The van der Waals surface area contributed by atoms with Gasteiger partial charge in [-0.2, -0.15) is 5.10 Å². The number of anilines is 1. The van der Waals surface area contributed by atoms with E-state index in [2.05, 4.69) is 21.2 Å². The van der Waals surface area contributed by atoms with Gasteiger partial charge in [0.2, 0.25) is 5.88 Å². The van der Waals surface area contributed by atoms with Gasteiger partial charge < -0.3 is 15.2 Å². The van der Waals surface area contributed by atoms with Crippen LogP contribution in [-0.4, -0.2) is 42.0 Å². The first-order valence-electron chi connectivity index (χ1n) is 9.79. The van der Waals surface area contributed by atoms with Crippen molar-refractivity contribution >= 4 is 21.7 Å². The fourth-order valence-corrected chi connectivity index (χ4v) is 5.51. The highest BCUT2D eigenvalue weighted by Gasteiger charge is 2.31. The molecule has 5 rings (SSSR count). The minimum atomic E-state index is -4.18. The van der Waals surface area contributed by atoms with Gasteiger partial charge in [0.25, 0.3) is 10.0 Å². The van der Waals surface area contributed by atoms with E-state index in [1.807, 2.05) is 0 Å². The molecule has 2 amide bonds. The summed E-state index contributed by atoms with van der Waals surface area (Å²) in [6.45, 7) is 0.113. The molecule has 3 aliphatic rings. The SMILES string of the molecule is O=C(Nc1c2c(cc3c1CCC3)CCC2)NS(=O)(=O)c1cnn2c1OC[C@@H](O)C2. The largest absolute Gasteiger partial charge is 0.474 e. The first-order chi connectivity index (χ1) is 13.9. The van der Waals surface area contributed by atoms with Crippen molar-refractivity contribution in [1.29, 1.82) is 0 Å². The Balaban J connectivity index is 1.40. The number of ether oxygens (including phenoxy) is 1. The summed E-state index contributed by atoms with van der Waals surface area (Å²) in [6, 6.07) is 1.45. The number of sulfonamides is 1. The Morgan fingerprint density at radius 1 is 1.17 bits per heavy atom. The Morgan fingerprint density at radius 3 is 2.55 bits per heavy atom. The van der Waals surface area contributed by atoms with Gasteiger partial charge in [0.1, 0.15) is 12.7 Å². The molecule has 1 atom stereocenters. The lowest BCUT2D eigenvalue weighted by Gasteiger charge is -2.20. The number of aryl methyl sites for hydroxylation is 2. The van der Waals surface area contributed by atoms with E-state index in [0.717, 1.165) is 61.5 Å². The van der Waals surface area contributed by atoms with Gasteiger partial charge >= 0.3 is 6.03 Å². The van der Waals surface area contributed by atoms with E-state index in [-0.39, 0.29) is 23.9 Å². The van der Waals surface area contributed by atoms with Crippen molar-refractivity contribution in [3.05, 3.63) is 34.5 Å². The minimum Gasteiger partial charge on any atom is -0.474 e. The lowest BCUT2D eigenvalue weighted by molar-refractivity contribution is 0.0537. The predicted octanol–water partition coefficient (Wildman–Crippen LogP) is 1.12. The number of aliphatic hydroxyl groups is 1. The number of fused-ring (bicyclic) bond motifs is 3. The molecule has 9 nitrogen and oxygen atoms in total. The van der Waals surface area contributed by atoms with Crippen molar-refractivity contribution in [2.75, 3.05) is 11.9 Å². The third-order valence-electron chi connectivity index (χ3n) is 5.78. The summed E-state index contributed by atoms with van der Waals surface area (Å²) < 4.78 is 34.2. The maximum Gasteiger partial charge on any atom is 0.333 e. The lowest BCUT2D eigenvalue weighted by atomic mass is 9.99. The maximum absolute atomic E-state index is 12.7. The molecule has 0 radical (unpaired) electrons. The van der Waals surface area contributed by atoms with Gasteiger partial charge in [-0.25, -0.2) is 22.6 Å². The molecule has 0 bridgehead atoms. The second-order valence-corrected chi connectivity index (χ2v) is 9.41. The molecular formula is C19H22N4O5S. The zero-order chi connectivity index (χ0) is 20.2. The Hall–Kier alpha value is -2.59. The number of amides is 2. The smallest absolute Gasteiger partial charge is 0.333 e. The third-order valence-corrected chi connectivity index (χ3v) is 7.10. The van der Waals surface area contributed by atoms with E-state index in [0.29, 0.717) is 0 Å². The normalized spacial score (nSPS) is 19.8. The fraction of sp³-hybridized carbons (Fsp3) is 0.474. The summed E-state index contributed by atoms with van der Waals surface area (Å²) >= 11 is 0. The number of carbonyl (C=O) groups is 1. The lowest BCUT2D eigenvalue weighted by Crippen LogP contribution is -2.36. The van der Waals surface area contributed by atoms with E-state index < -0.39 is 22.2 Å². The average molecular weight is 418 g/mol. The molecular weight excluding hydrogens is 396 g/mol. The number of aliphatic hydroxyl groups excluding tert-OH is 1. The number of nitrogens with one attached hydrogen (secondary N) is 2. The Labute approximate surface area is 168 Å². The van der Waals surface area contributed by atoms with Crippen LogP contribution in [0, 0.1) is 0 Å². The summed E-state index contributed by atoms with van der Waals surface area (Å²) in [5.41, 5.74) is 5.52. The molecule has 0 unspecified atom stereocenters. The predicted molar refractivity (Wildman–Crippen MR) is 104 cm³/mol. The van der Waals surface area contributed by atoms with Gasteiger partial charge in [0.15, 0.2) is 4.90 Å². The molecule has 2 aromatic rings. The highest BCUT2D eigenvalue weighted by Crippen LogP contribution is 2.38. The zero-order valence-corrected chi connectivity index (χ0v) is 16.6. The monoisotopic (exact) mass is 418 g/mol. The number of nitrogens with zero attached hydrogens (tertiary/aromatic N) is 2. The van der Waals surface area contributed by atoms with Gasteiger partial charge in [-0.05, 0) is 60.8 Å². The van der Waals surface area contributed by atoms with Crippen molar-refractivity contribution < 1.29 is 23.1 Å². The van der Waals surface area contributed by atoms with Crippen molar-refractivity contribution in [2.45, 2.75) is 56.1 Å². The Bertz CT molecular complexity index is 1080. The molecule has 2 heterocycles. The van der Waals surface area contributed by atoms with E-state index in [1.54, 1.807) is 0 Å². The van der Waals surface area contributed by atoms with Crippen LogP contribution < -0.4 is 14.8 Å². The molecule has 3 N–H and O–H groups in total. The zero-order valence-electron chi connectivity index (χ0n) is 15.8. The van der Waals surface area contributed by atoms with Crippen LogP contribution in [0.2, 0.25) is 0 Å². The average Bonchev–Trinajstić information content (AvgIpc) is 3.39. The highest BCUT2D eigenvalue weighted by molar-refractivity contribution is 7.90. The quantitative estimate of drug-likeness (QED) is 0.687. The highest BCUT2D eigenvalue weighted by atomic mass is 32.2. The van der Waals surface area contributed by atoms with Crippen LogP contribution in [-0.2, 0) is 42.3 Å². The molecule has 1 aromatic carbocycles. The number of urea groups is 1. The van der Waals surface area contributed by atoms with Crippen LogP contribution in [0.5, 0.6) is 5.88 Å². The Morgan fingerprint density at radius 2 is 1.86 bits per heavy atom. The van der Waals surface area contributed by atoms with Crippen LogP contribution in [0.25, 0.3) is 0 Å². The molecule has 29 heavy (non-hydrogen) atoms. The maximum atomic E-state index is 12.7. The number of carbonyl (C=O) groups excluding carboxylic acids is 1. The minimum absolute atomic E-state index is 0.0251. The first kappa shape index (κ1) is 18.4. The number of benzene rings is 1. The second-order valence-electron chi connectivity index (χ2n) is 7.75. The molecule has 1 aliphatic heterocycles. The number of hydrogen-bond donors (Lipinski definition) is 3. The number of rotatable bonds is 3. The van der Waals surface area contributed by atoms with E-state index in [9.17, 15) is 18.3 Å². The van der Waals surface area contributed by atoms with Crippen LogP contribution in [0.4, 0.5) is 10.5 Å². The summed E-state index contributed by atoms with van der Waals surface area (Å²) in [5.74, 6) is 0.0251. The molecule has 0 saturated carbocycles. The van der Waals surface area contributed by atoms with Crippen LogP contribution in [0.3, 0.4) is 0 Å². The van der Waals surface area contributed by atoms with E-state index >= 15 is 0 Å². The van der Waals surface area contributed by atoms with E-state index in [1.165, 1.54) is 15.8 Å². The van der Waals surface area contributed by atoms with Crippen molar-refractivity contribution in [2.24, 2.45) is 0 Å². The van der Waals surface area contributed by atoms with Gasteiger partial charge in [0, 0.05) is 5.69 Å². The summed E-state index contributed by atoms with van der Waals surface area (Å²) in [5, 5.41) is 16.4. The third kappa shape index (κ3) is 3.16. The molecule has 0 saturated heterocycles. The van der Waals surface area contributed by atoms with Gasteiger partial charge in [-0.1, -0.05) is 6.07 Å². The second kappa shape index (κ2) is 6.74.